The molecule has 0 atom stereocenters. The second-order valence-electron chi connectivity index (χ2n) is 4.03. The Bertz CT molecular complexity index is 337. The van der Waals surface area contributed by atoms with Gasteiger partial charge in [0.1, 0.15) is 0 Å². The van der Waals surface area contributed by atoms with Crippen molar-refractivity contribution in [1.82, 2.24) is 15.4 Å². The standard InChI is InChI=1S/C9H20N4O2S/c1-8(2)13-16(14,15)7-6-12-9-10-4-3-5-11-9/h8,13H,3-7H2,1-2H3,(H2,10,11,12). The van der Waals surface area contributed by atoms with Crippen LogP contribution in [0.1, 0.15) is 20.3 Å². The van der Waals surface area contributed by atoms with Gasteiger partial charge in [-0.25, -0.2) is 13.1 Å². The summed E-state index contributed by atoms with van der Waals surface area (Å²) in [5.74, 6) is 0.761. The average molecular weight is 248 g/mol. The van der Waals surface area contributed by atoms with Gasteiger partial charge in [-0.15, -0.1) is 0 Å². The third kappa shape index (κ3) is 5.32. The second-order valence-corrected chi connectivity index (χ2v) is 5.90. The molecule has 0 unspecified atom stereocenters. The Balaban J connectivity index is 2.26. The second kappa shape index (κ2) is 6.05. The molecule has 3 N–H and O–H groups in total. The molecule has 1 heterocycles. The number of hydrogen-bond donors (Lipinski definition) is 3. The van der Waals surface area contributed by atoms with Crippen LogP contribution < -0.4 is 15.4 Å². The van der Waals surface area contributed by atoms with Crippen LogP contribution in [0.5, 0.6) is 0 Å². The van der Waals surface area contributed by atoms with Gasteiger partial charge in [0, 0.05) is 25.7 Å². The highest BCUT2D eigenvalue weighted by atomic mass is 32.2. The first-order chi connectivity index (χ1) is 7.49. The maximum atomic E-state index is 11.5. The molecule has 1 rings (SSSR count). The van der Waals surface area contributed by atoms with Crippen molar-refractivity contribution in [3.63, 3.8) is 0 Å². The van der Waals surface area contributed by atoms with Crippen molar-refractivity contribution < 1.29 is 8.42 Å². The van der Waals surface area contributed by atoms with Crippen LogP contribution in [0.4, 0.5) is 0 Å². The molecule has 0 saturated carbocycles. The van der Waals surface area contributed by atoms with Crippen LogP contribution in [0.25, 0.3) is 0 Å². The first kappa shape index (κ1) is 13.2. The van der Waals surface area contributed by atoms with Crippen LogP contribution in [0.2, 0.25) is 0 Å². The van der Waals surface area contributed by atoms with Crippen molar-refractivity contribution in [3.05, 3.63) is 0 Å². The maximum absolute atomic E-state index is 11.5. The Morgan fingerprint density at radius 3 is 2.81 bits per heavy atom. The van der Waals surface area contributed by atoms with Gasteiger partial charge in [-0.2, -0.15) is 0 Å². The van der Waals surface area contributed by atoms with Crippen LogP contribution in [0.15, 0.2) is 4.99 Å². The first-order valence-electron chi connectivity index (χ1n) is 5.52. The summed E-state index contributed by atoms with van der Waals surface area (Å²) in [7, 11) is -3.18. The highest BCUT2D eigenvalue weighted by Crippen LogP contribution is 1.89. The van der Waals surface area contributed by atoms with Gasteiger partial charge in [-0.1, -0.05) is 0 Å². The van der Waals surface area contributed by atoms with Crippen LogP contribution in [-0.2, 0) is 10.0 Å². The van der Waals surface area contributed by atoms with Gasteiger partial charge in [0.05, 0.1) is 5.75 Å². The largest absolute Gasteiger partial charge is 0.356 e. The normalized spacial score (nSPS) is 16.8. The van der Waals surface area contributed by atoms with E-state index in [2.05, 4.69) is 20.3 Å². The van der Waals surface area contributed by atoms with Crippen molar-refractivity contribution in [2.24, 2.45) is 4.99 Å². The Morgan fingerprint density at radius 1 is 1.50 bits per heavy atom. The summed E-state index contributed by atoms with van der Waals surface area (Å²) in [6.07, 6.45) is 1.03. The van der Waals surface area contributed by atoms with Gasteiger partial charge in [0.25, 0.3) is 0 Å². The molecule has 0 spiro atoms. The van der Waals surface area contributed by atoms with Gasteiger partial charge in [0.2, 0.25) is 10.0 Å². The fourth-order valence-electron chi connectivity index (χ4n) is 1.37. The van der Waals surface area contributed by atoms with E-state index in [0.717, 1.165) is 19.5 Å². The minimum Gasteiger partial charge on any atom is -0.356 e. The first-order valence-corrected chi connectivity index (χ1v) is 7.17. The molecule has 0 radical (unpaired) electrons. The van der Waals surface area contributed by atoms with Gasteiger partial charge in [0.15, 0.2) is 5.96 Å². The van der Waals surface area contributed by atoms with E-state index in [0.29, 0.717) is 12.5 Å². The number of sulfonamides is 1. The zero-order valence-corrected chi connectivity index (χ0v) is 10.6. The molecule has 0 amide bonds. The lowest BCUT2D eigenvalue weighted by Gasteiger charge is -2.16. The summed E-state index contributed by atoms with van der Waals surface area (Å²) >= 11 is 0. The summed E-state index contributed by atoms with van der Waals surface area (Å²) < 4.78 is 25.5. The van der Waals surface area contributed by atoms with Crippen molar-refractivity contribution in [1.29, 1.82) is 0 Å². The minimum absolute atomic E-state index is 0.0600. The highest BCUT2D eigenvalue weighted by Gasteiger charge is 2.12. The topological polar surface area (TPSA) is 82.6 Å². The molecular weight excluding hydrogens is 228 g/mol. The van der Waals surface area contributed by atoms with Gasteiger partial charge in [-0.3, -0.25) is 4.99 Å². The van der Waals surface area contributed by atoms with Crippen LogP contribution >= 0.6 is 0 Å². The van der Waals surface area contributed by atoms with Crippen LogP contribution in [0, 0.1) is 0 Å². The van der Waals surface area contributed by atoms with E-state index in [4.69, 9.17) is 0 Å². The van der Waals surface area contributed by atoms with E-state index in [-0.39, 0.29) is 11.8 Å². The van der Waals surface area contributed by atoms with Gasteiger partial charge >= 0.3 is 0 Å². The summed E-state index contributed by atoms with van der Waals surface area (Å²) in [6.45, 7) is 5.67. The predicted molar refractivity (Wildman–Crippen MR) is 65.0 cm³/mol. The molecule has 1 aliphatic rings. The Labute approximate surface area is 97.0 Å². The smallest absolute Gasteiger partial charge is 0.213 e. The molecule has 0 bridgehead atoms. The summed E-state index contributed by atoms with van der Waals surface area (Å²) in [5, 5.41) is 6.04. The molecule has 7 heteroatoms. The van der Waals surface area contributed by atoms with Crippen LogP contribution in [-0.4, -0.2) is 45.8 Å². The molecule has 0 aliphatic carbocycles. The molecule has 1 aliphatic heterocycles. The lowest BCUT2D eigenvalue weighted by molar-refractivity contribution is 0.568. The van der Waals surface area contributed by atoms with Gasteiger partial charge < -0.3 is 10.6 Å². The lowest BCUT2D eigenvalue weighted by Crippen LogP contribution is -2.44. The minimum atomic E-state index is -3.18. The van der Waals surface area contributed by atoms with E-state index in [9.17, 15) is 8.42 Å². The SMILES string of the molecule is CC(C)NS(=O)(=O)CCNC1=NCCCN1. The van der Waals surface area contributed by atoms with E-state index in [1.165, 1.54) is 0 Å². The van der Waals surface area contributed by atoms with Crippen molar-refractivity contribution in [2.45, 2.75) is 26.3 Å². The summed E-state index contributed by atoms with van der Waals surface area (Å²) in [5.41, 5.74) is 0. The average Bonchev–Trinajstić information content (AvgIpc) is 2.16. The van der Waals surface area contributed by atoms with E-state index >= 15 is 0 Å². The Kier molecular flexibility index (Phi) is 5.01. The van der Waals surface area contributed by atoms with Crippen LogP contribution in [0.3, 0.4) is 0 Å². The predicted octanol–water partition coefficient (Wildman–Crippen LogP) is -0.747. The lowest BCUT2D eigenvalue weighted by atomic mass is 10.4. The fraction of sp³-hybridized carbons (Fsp3) is 0.889. The fourth-order valence-corrected chi connectivity index (χ4v) is 2.58. The zero-order valence-electron chi connectivity index (χ0n) is 9.78. The Hall–Kier alpha value is -0.820. The van der Waals surface area contributed by atoms with Crippen molar-refractivity contribution in [3.8, 4) is 0 Å². The number of nitrogens with one attached hydrogen (secondary N) is 3. The molecule has 6 nitrogen and oxygen atoms in total. The molecule has 0 saturated heterocycles. The molecule has 0 aromatic heterocycles. The molecule has 94 valence electrons. The van der Waals surface area contributed by atoms with E-state index in [1.807, 2.05) is 0 Å². The molecule has 0 fully saturated rings. The monoisotopic (exact) mass is 248 g/mol. The van der Waals surface area contributed by atoms with E-state index < -0.39 is 10.0 Å². The number of aliphatic imine (C=N–C) groups is 1. The molecule has 0 aromatic rings. The number of nitrogens with zero attached hydrogens (tertiary/aromatic N) is 1. The summed E-state index contributed by atoms with van der Waals surface area (Å²) in [6, 6.07) is -0.0600. The quantitative estimate of drug-likeness (QED) is 0.598. The third-order valence-corrected chi connectivity index (χ3v) is 3.55. The molecule has 0 aromatic carbocycles. The van der Waals surface area contributed by atoms with Crippen molar-refractivity contribution >= 4 is 16.0 Å². The van der Waals surface area contributed by atoms with Crippen molar-refractivity contribution in [2.75, 3.05) is 25.4 Å². The number of hydrogen-bond acceptors (Lipinski definition) is 5. The van der Waals surface area contributed by atoms with E-state index in [1.54, 1.807) is 13.8 Å². The molecule has 16 heavy (non-hydrogen) atoms. The zero-order chi connectivity index (χ0) is 12.0. The number of rotatable bonds is 5. The van der Waals surface area contributed by atoms with Gasteiger partial charge in [-0.05, 0) is 20.3 Å². The third-order valence-electron chi connectivity index (χ3n) is 1.98. The molecular formula is C9H20N4O2S. The summed E-state index contributed by atoms with van der Waals surface area (Å²) in [4.78, 5) is 4.19. The highest BCUT2D eigenvalue weighted by molar-refractivity contribution is 7.89. The Morgan fingerprint density at radius 2 is 2.25 bits per heavy atom. The number of guanidine groups is 1. The maximum Gasteiger partial charge on any atom is 0.213 e.